The van der Waals surface area contributed by atoms with Gasteiger partial charge in [-0.15, -0.1) is 0 Å². The standard InChI is InChI=1S/C67H49N5Si2/c1-70-59-37-18-17-36-58(59)69-67(70)48-24-23-35-54(44-48)73(50-27-9-3-10-28-50,51-29-11-4-12-30-51)55-41-42-56-57-46-65-63(47-62(57)72(61(56)45-55)66-40-21-22-43-68-66)71(49-25-7-2-8-26-49)60-38-19-20-39-64(60)74(65,52-31-13-5-14-32-52)53-33-15-6-16-34-53/h2-47H,1H3. The van der Waals surface area contributed by atoms with Gasteiger partial charge in [-0.25, -0.2) is 9.97 Å². The largest absolute Gasteiger partial charge is 0.327 e. The van der Waals surface area contributed by atoms with Crippen LogP contribution < -0.4 is 46.4 Å². The molecule has 0 amide bonds. The van der Waals surface area contributed by atoms with E-state index in [0.717, 1.165) is 45.0 Å². The minimum atomic E-state index is -3.12. The Kier molecular flexibility index (Phi) is 10.4. The molecule has 4 heterocycles. The highest BCUT2D eigenvalue weighted by molar-refractivity contribution is 7.21. The zero-order valence-corrected chi connectivity index (χ0v) is 42.8. The molecule has 1 aliphatic rings. The maximum Gasteiger partial charge on any atom is 0.184 e. The zero-order chi connectivity index (χ0) is 49.2. The predicted octanol–water partition coefficient (Wildman–Crippen LogP) is 10.3. The van der Waals surface area contributed by atoms with Crippen LogP contribution in [0.25, 0.3) is 50.0 Å². The molecule has 0 unspecified atom stereocenters. The van der Waals surface area contributed by atoms with E-state index in [9.17, 15) is 0 Å². The molecule has 0 atom stereocenters. The van der Waals surface area contributed by atoms with Crippen molar-refractivity contribution in [3.8, 4) is 17.2 Å². The summed E-state index contributed by atoms with van der Waals surface area (Å²) >= 11 is 0. The third kappa shape index (κ3) is 6.53. The summed E-state index contributed by atoms with van der Waals surface area (Å²) in [4.78, 5) is 12.9. The van der Waals surface area contributed by atoms with Crippen molar-refractivity contribution in [3.05, 3.63) is 279 Å². The SMILES string of the molecule is Cn1c(-c2cccc([Si](c3ccccc3)(c3ccccc3)c3ccc4c5cc6c(cc5n(-c5ccccn5)c4c3)N(c3ccccc3)c3ccccc3[Si]6(c3ccccc3)c3ccccc3)c2)nc2ccccc21. The Bertz CT molecular complexity index is 4120. The van der Waals surface area contributed by atoms with E-state index in [2.05, 4.69) is 288 Å². The molecular formula is C67H49N5Si2. The van der Waals surface area contributed by atoms with Crippen LogP contribution in [0.5, 0.6) is 0 Å². The molecule has 0 fully saturated rings. The van der Waals surface area contributed by atoms with E-state index < -0.39 is 16.1 Å². The highest BCUT2D eigenvalue weighted by atomic mass is 28.3. The smallest absolute Gasteiger partial charge is 0.184 e. The first-order chi connectivity index (χ1) is 36.6. The summed E-state index contributed by atoms with van der Waals surface area (Å²) in [5, 5.41) is 13.0. The molecule has 13 aromatic rings. The summed E-state index contributed by atoms with van der Waals surface area (Å²) < 4.78 is 4.65. The molecule has 10 aromatic carbocycles. The van der Waals surface area contributed by atoms with Crippen molar-refractivity contribution in [2.75, 3.05) is 4.90 Å². The van der Waals surface area contributed by atoms with Crippen LogP contribution in [0.4, 0.5) is 17.1 Å². The molecule has 14 rings (SSSR count). The van der Waals surface area contributed by atoms with Gasteiger partial charge in [0.05, 0.1) is 22.1 Å². The first-order valence-corrected chi connectivity index (χ1v) is 29.4. The molecule has 0 bridgehead atoms. The Morgan fingerprint density at radius 1 is 0.405 bits per heavy atom. The maximum absolute atomic E-state index is 5.22. The highest BCUT2D eigenvalue weighted by Crippen LogP contribution is 2.42. The molecule has 0 N–H and O–H groups in total. The molecule has 0 saturated heterocycles. The van der Waals surface area contributed by atoms with Crippen LogP contribution in [-0.4, -0.2) is 35.2 Å². The van der Waals surface area contributed by atoms with Crippen LogP contribution in [-0.2, 0) is 7.05 Å². The van der Waals surface area contributed by atoms with Gasteiger partial charge in [0.2, 0.25) is 0 Å². The molecule has 0 aliphatic carbocycles. The number of fused-ring (bicyclic) bond motifs is 6. The maximum atomic E-state index is 5.22. The van der Waals surface area contributed by atoms with Gasteiger partial charge in [-0.1, -0.05) is 212 Å². The van der Waals surface area contributed by atoms with E-state index in [4.69, 9.17) is 9.97 Å². The first-order valence-electron chi connectivity index (χ1n) is 25.4. The predicted molar refractivity (Wildman–Crippen MR) is 314 cm³/mol. The third-order valence-corrected chi connectivity index (χ3v) is 25.2. The van der Waals surface area contributed by atoms with E-state index in [-0.39, 0.29) is 0 Å². The molecule has 3 aromatic heterocycles. The minimum absolute atomic E-state index is 0.872. The average molecular weight is 980 g/mol. The van der Waals surface area contributed by atoms with E-state index in [1.807, 2.05) is 12.3 Å². The Hall–Kier alpha value is -9.15. The van der Waals surface area contributed by atoms with Crippen molar-refractivity contribution < 1.29 is 0 Å². The Morgan fingerprint density at radius 3 is 1.66 bits per heavy atom. The normalized spacial score (nSPS) is 13.0. The fourth-order valence-corrected chi connectivity index (χ4v) is 22.4. The van der Waals surface area contributed by atoms with Crippen LogP contribution >= 0.6 is 0 Å². The minimum Gasteiger partial charge on any atom is -0.327 e. The van der Waals surface area contributed by atoms with Gasteiger partial charge in [-0.3, -0.25) is 4.57 Å². The van der Waals surface area contributed by atoms with Crippen molar-refractivity contribution in [1.82, 2.24) is 19.1 Å². The summed E-state index contributed by atoms with van der Waals surface area (Å²) in [5.74, 6) is 1.82. The van der Waals surface area contributed by atoms with E-state index in [0.29, 0.717) is 0 Å². The van der Waals surface area contributed by atoms with Gasteiger partial charge in [-0.05, 0) is 102 Å². The van der Waals surface area contributed by atoms with Gasteiger partial charge in [0.15, 0.2) is 16.1 Å². The monoisotopic (exact) mass is 979 g/mol. The second-order valence-corrected chi connectivity index (χ2v) is 26.9. The molecule has 0 saturated carbocycles. The molecule has 0 spiro atoms. The molecule has 74 heavy (non-hydrogen) atoms. The van der Waals surface area contributed by atoms with Gasteiger partial charge in [-0.2, -0.15) is 0 Å². The topological polar surface area (TPSA) is 38.9 Å². The van der Waals surface area contributed by atoms with Crippen molar-refractivity contribution >= 4 is 108 Å². The summed E-state index contributed by atoms with van der Waals surface area (Å²) in [7, 11) is -4.00. The molecule has 5 nitrogen and oxygen atoms in total. The van der Waals surface area contributed by atoms with Crippen LogP contribution in [0.1, 0.15) is 0 Å². The number of anilines is 3. The van der Waals surface area contributed by atoms with Gasteiger partial charge in [0.25, 0.3) is 0 Å². The Morgan fingerprint density at radius 2 is 0.986 bits per heavy atom. The van der Waals surface area contributed by atoms with Crippen molar-refractivity contribution in [3.63, 3.8) is 0 Å². The molecule has 0 radical (unpaired) electrons. The Labute approximate surface area is 432 Å². The highest BCUT2D eigenvalue weighted by Gasteiger charge is 2.49. The molecular weight excluding hydrogens is 931 g/mol. The molecule has 1 aliphatic heterocycles. The summed E-state index contributed by atoms with van der Waals surface area (Å²) in [6.07, 6.45) is 1.92. The number of pyridine rings is 1. The number of hydrogen-bond donors (Lipinski definition) is 0. The summed E-state index contributed by atoms with van der Waals surface area (Å²) in [6.45, 7) is 0. The lowest BCUT2D eigenvalue weighted by atomic mass is 10.1. The lowest BCUT2D eigenvalue weighted by molar-refractivity contribution is 0.959. The number of rotatable bonds is 9. The number of aromatic nitrogens is 4. The number of benzene rings is 10. The second kappa shape index (κ2) is 17.6. The average Bonchev–Trinajstić information content (AvgIpc) is 4.00. The first kappa shape index (κ1) is 43.6. The fraction of sp³-hybridized carbons (Fsp3) is 0.0149. The molecule has 7 heteroatoms. The van der Waals surface area contributed by atoms with Crippen LogP contribution in [0.15, 0.2) is 279 Å². The summed E-state index contributed by atoms with van der Waals surface area (Å²) in [5.41, 5.74) is 8.91. The number of para-hydroxylation sites is 4. The van der Waals surface area contributed by atoms with Crippen molar-refractivity contribution in [1.29, 1.82) is 0 Å². The molecule has 350 valence electrons. The number of aryl methyl sites for hydroxylation is 1. The number of imidazole rings is 1. The van der Waals surface area contributed by atoms with Gasteiger partial charge in [0, 0.05) is 46.6 Å². The number of nitrogens with zero attached hydrogens (tertiary/aromatic N) is 5. The fourth-order valence-electron chi connectivity index (χ4n) is 12.5. The van der Waals surface area contributed by atoms with Gasteiger partial charge < -0.3 is 9.47 Å². The van der Waals surface area contributed by atoms with Crippen molar-refractivity contribution in [2.24, 2.45) is 7.05 Å². The van der Waals surface area contributed by atoms with Gasteiger partial charge in [0.1, 0.15) is 11.6 Å². The zero-order valence-electron chi connectivity index (χ0n) is 40.8. The number of hydrogen-bond acceptors (Lipinski definition) is 3. The third-order valence-electron chi connectivity index (χ3n) is 15.6. The Balaban J connectivity index is 1.11. The van der Waals surface area contributed by atoms with Gasteiger partial charge >= 0.3 is 0 Å². The van der Waals surface area contributed by atoms with E-state index >= 15 is 0 Å². The van der Waals surface area contributed by atoms with Crippen LogP contribution in [0.3, 0.4) is 0 Å². The van der Waals surface area contributed by atoms with E-state index in [1.165, 1.54) is 63.6 Å². The lowest BCUT2D eigenvalue weighted by Crippen LogP contribution is -2.77. The quantitative estimate of drug-likeness (QED) is 0.107. The van der Waals surface area contributed by atoms with Crippen LogP contribution in [0.2, 0.25) is 0 Å². The summed E-state index contributed by atoms with van der Waals surface area (Å²) in [6, 6.07) is 102. The van der Waals surface area contributed by atoms with E-state index in [1.54, 1.807) is 0 Å². The van der Waals surface area contributed by atoms with Crippen molar-refractivity contribution in [2.45, 2.75) is 0 Å². The lowest BCUT2D eigenvalue weighted by Gasteiger charge is -2.45. The van der Waals surface area contributed by atoms with Crippen LogP contribution in [0, 0.1) is 0 Å². The second-order valence-electron chi connectivity index (χ2n) is 19.4.